The second kappa shape index (κ2) is 7.61. The SMILES string of the molecule is O=C(NCCc1ncc(CF)cc1Cl)c1ccccc1C(F)(F)F. The highest BCUT2D eigenvalue weighted by Crippen LogP contribution is 2.31. The number of pyridine rings is 1. The van der Waals surface area contributed by atoms with Gasteiger partial charge in [-0.05, 0) is 18.2 Å². The number of nitrogens with one attached hydrogen (secondary N) is 1. The van der Waals surface area contributed by atoms with Crippen LogP contribution >= 0.6 is 11.6 Å². The van der Waals surface area contributed by atoms with Crippen LogP contribution in [0.15, 0.2) is 36.5 Å². The number of hydrogen-bond acceptors (Lipinski definition) is 2. The maximum absolute atomic E-state index is 12.9. The number of aromatic nitrogens is 1. The minimum atomic E-state index is -4.61. The van der Waals surface area contributed by atoms with Crippen molar-refractivity contribution in [1.82, 2.24) is 10.3 Å². The lowest BCUT2D eigenvalue weighted by atomic mass is 10.1. The van der Waals surface area contributed by atoms with Gasteiger partial charge in [-0.2, -0.15) is 13.2 Å². The van der Waals surface area contributed by atoms with Crippen LogP contribution in [0.5, 0.6) is 0 Å². The summed E-state index contributed by atoms with van der Waals surface area (Å²) in [5.41, 5.74) is -0.687. The van der Waals surface area contributed by atoms with Gasteiger partial charge in [0, 0.05) is 24.7 Å². The molecule has 1 heterocycles. The van der Waals surface area contributed by atoms with Gasteiger partial charge in [0.2, 0.25) is 0 Å². The number of carbonyl (C=O) groups excluding carboxylic acids is 1. The van der Waals surface area contributed by atoms with Gasteiger partial charge in [-0.1, -0.05) is 23.7 Å². The molecule has 0 fully saturated rings. The van der Waals surface area contributed by atoms with Crippen molar-refractivity contribution in [2.45, 2.75) is 19.3 Å². The number of nitrogens with zero attached hydrogens (tertiary/aromatic N) is 1. The second-order valence-corrected chi connectivity index (χ2v) is 5.36. The van der Waals surface area contributed by atoms with Crippen LogP contribution in [0.4, 0.5) is 17.6 Å². The van der Waals surface area contributed by atoms with Gasteiger partial charge in [-0.25, -0.2) is 4.39 Å². The van der Waals surface area contributed by atoms with Gasteiger partial charge in [-0.15, -0.1) is 0 Å². The zero-order chi connectivity index (χ0) is 17.7. The summed E-state index contributed by atoms with van der Waals surface area (Å²) in [4.78, 5) is 15.9. The first-order valence-electron chi connectivity index (χ1n) is 6.96. The fourth-order valence-corrected chi connectivity index (χ4v) is 2.36. The van der Waals surface area contributed by atoms with Crippen molar-refractivity contribution in [1.29, 1.82) is 0 Å². The molecule has 0 atom stereocenters. The lowest BCUT2D eigenvalue weighted by molar-refractivity contribution is -0.137. The van der Waals surface area contributed by atoms with Crippen molar-refractivity contribution < 1.29 is 22.4 Å². The van der Waals surface area contributed by atoms with Crippen molar-refractivity contribution in [3.8, 4) is 0 Å². The zero-order valence-corrected chi connectivity index (χ0v) is 13.1. The highest BCUT2D eigenvalue weighted by molar-refractivity contribution is 6.31. The van der Waals surface area contributed by atoms with E-state index in [1.165, 1.54) is 24.4 Å². The molecule has 0 aliphatic heterocycles. The van der Waals surface area contributed by atoms with Crippen LogP contribution < -0.4 is 5.32 Å². The standard InChI is InChI=1S/C16H13ClF4N2O/c17-13-7-10(8-18)9-23-14(13)5-6-22-15(24)11-3-1-2-4-12(11)16(19,20)21/h1-4,7,9H,5-6,8H2,(H,22,24). The van der Waals surface area contributed by atoms with Crippen molar-refractivity contribution >= 4 is 17.5 Å². The highest BCUT2D eigenvalue weighted by Gasteiger charge is 2.34. The van der Waals surface area contributed by atoms with Gasteiger partial charge in [0.05, 0.1) is 21.8 Å². The number of hydrogen-bond donors (Lipinski definition) is 1. The number of amides is 1. The molecule has 0 radical (unpaired) electrons. The Kier molecular flexibility index (Phi) is 5.77. The Morgan fingerprint density at radius 3 is 2.58 bits per heavy atom. The number of benzene rings is 1. The summed E-state index contributed by atoms with van der Waals surface area (Å²) in [6.07, 6.45) is -3.08. The number of carbonyl (C=O) groups is 1. The zero-order valence-electron chi connectivity index (χ0n) is 12.3. The van der Waals surface area contributed by atoms with E-state index < -0.39 is 29.9 Å². The first kappa shape index (κ1) is 18.2. The average Bonchev–Trinajstić information content (AvgIpc) is 2.55. The van der Waals surface area contributed by atoms with Crippen LogP contribution in [-0.4, -0.2) is 17.4 Å². The molecular weight excluding hydrogens is 348 g/mol. The molecule has 24 heavy (non-hydrogen) atoms. The Morgan fingerprint density at radius 2 is 1.96 bits per heavy atom. The van der Waals surface area contributed by atoms with E-state index in [0.29, 0.717) is 11.3 Å². The third-order valence-corrected chi connectivity index (χ3v) is 3.58. The lowest BCUT2D eigenvalue weighted by Gasteiger charge is -2.12. The molecule has 0 spiro atoms. The van der Waals surface area contributed by atoms with E-state index in [1.54, 1.807) is 0 Å². The van der Waals surface area contributed by atoms with Gasteiger partial charge in [-0.3, -0.25) is 9.78 Å². The van der Waals surface area contributed by atoms with E-state index in [2.05, 4.69) is 10.3 Å². The maximum Gasteiger partial charge on any atom is 0.417 e. The van der Waals surface area contributed by atoms with Crippen molar-refractivity contribution in [2.24, 2.45) is 0 Å². The van der Waals surface area contributed by atoms with Crippen LogP contribution in [0.25, 0.3) is 0 Å². The Labute approximate surface area is 140 Å². The summed E-state index contributed by atoms with van der Waals surface area (Å²) in [6, 6.07) is 5.96. The molecule has 8 heteroatoms. The first-order valence-corrected chi connectivity index (χ1v) is 7.34. The normalized spacial score (nSPS) is 11.4. The van der Waals surface area contributed by atoms with Crippen molar-refractivity contribution in [3.05, 3.63) is 63.9 Å². The average molecular weight is 361 g/mol. The Bertz CT molecular complexity index is 734. The van der Waals surface area contributed by atoms with Crippen LogP contribution in [0.3, 0.4) is 0 Å². The quantitative estimate of drug-likeness (QED) is 0.812. The van der Waals surface area contributed by atoms with Crippen molar-refractivity contribution in [2.75, 3.05) is 6.54 Å². The Balaban J connectivity index is 2.02. The summed E-state index contributed by atoms with van der Waals surface area (Å²) in [5.74, 6) is -0.834. The maximum atomic E-state index is 12.9. The fraction of sp³-hybridized carbons (Fsp3) is 0.250. The minimum absolute atomic E-state index is 0.0483. The molecule has 1 aromatic carbocycles. The second-order valence-electron chi connectivity index (χ2n) is 4.95. The summed E-state index contributed by atoms with van der Waals surface area (Å²) >= 11 is 5.93. The van der Waals surface area contributed by atoms with Crippen LogP contribution in [0, 0.1) is 0 Å². The monoisotopic (exact) mass is 360 g/mol. The van der Waals surface area contributed by atoms with Gasteiger partial charge in [0.25, 0.3) is 5.91 Å². The van der Waals surface area contributed by atoms with E-state index in [-0.39, 0.29) is 18.0 Å². The molecule has 2 rings (SSSR count). The molecule has 2 aromatic rings. The van der Waals surface area contributed by atoms with Crippen molar-refractivity contribution in [3.63, 3.8) is 0 Å². The van der Waals surface area contributed by atoms with Crippen LogP contribution in [0.1, 0.15) is 27.2 Å². The Hall–Kier alpha value is -2.15. The molecule has 1 aromatic heterocycles. The Morgan fingerprint density at radius 1 is 1.25 bits per heavy atom. The largest absolute Gasteiger partial charge is 0.417 e. The smallest absolute Gasteiger partial charge is 0.352 e. The molecule has 0 aliphatic carbocycles. The molecule has 3 nitrogen and oxygen atoms in total. The van der Waals surface area contributed by atoms with E-state index in [9.17, 15) is 22.4 Å². The van der Waals surface area contributed by atoms with Crippen LogP contribution in [-0.2, 0) is 19.3 Å². The summed E-state index contributed by atoms with van der Waals surface area (Å²) in [7, 11) is 0. The van der Waals surface area contributed by atoms with Gasteiger partial charge in [0.1, 0.15) is 6.67 Å². The molecular formula is C16H13ClF4N2O. The molecule has 0 saturated carbocycles. The molecule has 128 valence electrons. The third kappa shape index (κ3) is 4.44. The topological polar surface area (TPSA) is 42.0 Å². The molecule has 1 N–H and O–H groups in total. The number of alkyl halides is 4. The van der Waals surface area contributed by atoms with E-state index in [1.807, 2.05) is 0 Å². The molecule has 0 saturated heterocycles. The molecule has 0 unspecified atom stereocenters. The predicted octanol–water partition coefficient (Wildman–Crippen LogP) is 4.20. The minimum Gasteiger partial charge on any atom is -0.352 e. The van der Waals surface area contributed by atoms with E-state index in [0.717, 1.165) is 12.1 Å². The third-order valence-electron chi connectivity index (χ3n) is 3.25. The van der Waals surface area contributed by atoms with Gasteiger partial charge < -0.3 is 5.32 Å². The molecule has 1 amide bonds. The summed E-state index contributed by atoms with van der Waals surface area (Å²) < 4.78 is 51.1. The number of rotatable bonds is 5. The fourth-order valence-electron chi connectivity index (χ4n) is 2.08. The number of halogens is 5. The van der Waals surface area contributed by atoms with E-state index in [4.69, 9.17) is 11.6 Å². The predicted molar refractivity (Wildman–Crippen MR) is 81.5 cm³/mol. The lowest BCUT2D eigenvalue weighted by Crippen LogP contribution is -2.28. The first-order chi connectivity index (χ1) is 11.3. The van der Waals surface area contributed by atoms with Gasteiger partial charge in [0.15, 0.2) is 0 Å². The highest BCUT2D eigenvalue weighted by atomic mass is 35.5. The molecule has 0 aliphatic rings. The van der Waals surface area contributed by atoms with Crippen LogP contribution in [0.2, 0.25) is 5.02 Å². The molecule has 0 bridgehead atoms. The summed E-state index contributed by atoms with van der Waals surface area (Å²) in [5, 5.41) is 2.65. The van der Waals surface area contributed by atoms with E-state index >= 15 is 0 Å². The summed E-state index contributed by atoms with van der Waals surface area (Å²) in [6.45, 7) is -0.648. The van der Waals surface area contributed by atoms with Gasteiger partial charge >= 0.3 is 6.18 Å².